The average molecular weight is 384 g/mol. The molecule has 3 aliphatic heterocycles. The Hall–Kier alpha value is -2.21. The minimum atomic E-state index is -0.405. The number of benzene rings is 1. The first kappa shape index (κ1) is 18.2. The third-order valence-electron chi connectivity index (χ3n) is 5.83. The van der Waals surface area contributed by atoms with Crippen molar-refractivity contribution in [2.75, 3.05) is 18.0 Å². The number of aryl methyl sites for hydroxylation is 2. The van der Waals surface area contributed by atoms with Crippen LogP contribution in [0, 0.1) is 0 Å². The molecule has 142 valence electrons. The summed E-state index contributed by atoms with van der Waals surface area (Å²) in [4.78, 5) is 29.4. The Morgan fingerprint density at radius 3 is 2.41 bits per heavy atom. The molecule has 6 heteroatoms. The van der Waals surface area contributed by atoms with Gasteiger partial charge in [0.1, 0.15) is 5.57 Å². The molecule has 0 radical (unpaired) electrons. The van der Waals surface area contributed by atoms with E-state index in [1.54, 1.807) is 6.08 Å². The van der Waals surface area contributed by atoms with Crippen LogP contribution in [-0.4, -0.2) is 41.0 Å². The van der Waals surface area contributed by atoms with Crippen LogP contribution < -0.4 is 10.2 Å². The van der Waals surface area contributed by atoms with Crippen LogP contribution in [-0.2, 0) is 22.4 Å². The molecule has 1 fully saturated rings. The van der Waals surface area contributed by atoms with Crippen molar-refractivity contribution in [1.82, 2.24) is 10.2 Å². The van der Waals surface area contributed by atoms with Gasteiger partial charge in [-0.2, -0.15) is 0 Å². The second-order valence-electron chi connectivity index (χ2n) is 7.63. The van der Waals surface area contributed by atoms with E-state index in [2.05, 4.69) is 22.3 Å². The maximum absolute atomic E-state index is 13.0. The molecule has 0 aliphatic carbocycles. The number of hydrogen-bond donors (Lipinski definition) is 1. The quantitative estimate of drug-likeness (QED) is 0.495. The number of carbonyl (C=O) groups excluding carboxylic acids is 2. The minimum absolute atomic E-state index is 0.0488. The summed E-state index contributed by atoms with van der Waals surface area (Å²) >= 11 is 5.22. The molecule has 27 heavy (non-hydrogen) atoms. The van der Waals surface area contributed by atoms with E-state index in [1.807, 2.05) is 13.8 Å². The molecule has 5 nitrogen and oxygen atoms in total. The highest BCUT2D eigenvalue weighted by atomic mass is 32.1. The first-order chi connectivity index (χ1) is 13.0. The van der Waals surface area contributed by atoms with E-state index in [0.29, 0.717) is 0 Å². The van der Waals surface area contributed by atoms with Crippen molar-refractivity contribution in [3.63, 3.8) is 0 Å². The zero-order valence-corrected chi connectivity index (χ0v) is 16.7. The Balaban J connectivity index is 1.73. The van der Waals surface area contributed by atoms with E-state index >= 15 is 0 Å². The van der Waals surface area contributed by atoms with E-state index in [1.165, 1.54) is 21.7 Å². The van der Waals surface area contributed by atoms with Gasteiger partial charge in [-0.25, -0.2) is 0 Å². The van der Waals surface area contributed by atoms with Crippen molar-refractivity contribution in [2.24, 2.45) is 0 Å². The van der Waals surface area contributed by atoms with Crippen LogP contribution in [0.3, 0.4) is 0 Å². The van der Waals surface area contributed by atoms with E-state index in [9.17, 15) is 9.59 Å². The Morgan fingerprint density at radius 1 is 1.19 bits per heavy atom. The van der Waals surface area contributed by atoms with Crippen LogP contribution in [0.1, 0.15) is 49.8 Å². The Bertz CT molecular complexity index is 830. The standard InChI is InChI=1S/C21H25N3O2S/c1-3-13(2)24-20(26)17(19(25)22-21(24)27)12-14-10-15-6-4-8-23-9-5-7-16(11-14)18(15)23/h10-13H,3-9H2,1-2H3,(H,22,25,27). The van der Waals surface area contributed by atoms with Crippen LogP contribution >= 0.6 is 12.2 Å². The summed E-state index contributed by atoms with van der Waals surface area (Å²) in [6.45, 7) is 6.20. The molecule has 3 heterocycles. The number of carbonyl (C=O) groups is 2. The lowest BCUT2D eigenvalue weighted by atomic mass is 9.89. The van der Waals surface area contributed by atoms with Gasteiger partial charge in [0.15, 0.2) is 5.11 Å². The third-order valence-corrected chi connectivity index (χ3v) is 6.13. The largest absolute Gasteiger partial charge is 0.371 e. The van der Waals surface area contributed by atoms with Gasteiger partial charge in [0, 0.05) is 24.8 Å². The van der Waals surface area contributed by atoms with Crippen LogP contribution in [0.5, 0.6) is 0 Å². The van der Waals surface area contributed by atoms with Gasteiger partial charge < -0.3 is 4.90 Å². The van der Waals surface area contributed by atoms with Gasteiger partial charge in [-0.15, -0.1) is 0 Å². The van der Waals surface area contributed by atoms with E-state index < -0.39 is 5.91 Å². The molecule has 1 unspecified atom stereocenters. The first-order valence-corrected chi connectivity index (χ1v) is 10.2. The monoisotopic (exact) mass is 383 g/mol. The van der Waals surface area contributed by atoms with Gasteiger partial charge in [-0.05, 0) is 86.1 Å². The summed E-state index contributed by atoms with van der Waals surface area (Å²) < 4.78 is 0. The molecule has 0 aromatic heterocycles. The number of nitrogens with one attached hydrogen (secondary N) is 1. The highest BCUT2D eigenvalue weighted by molar-refractivity contribution is 7.80. The topological polar surface area (TPSA) is 52.7 Å². The third kappa shape index (κ3) is 3.16. The second kappa shape index (κ2) is 7.08. The van der Waals surface area contributed by atoms with Gasteiger partial charge in [0.2, 0.25) is 0 Å². The number of nitrogens with zero attached hydrogens (tertiary/aromatic N) is 2. The average Bonchev–Trinajstić information content (AvgIpc) is 2.65. The van der Waals surface area contributed by atoms with Crippen LogP contribution in [0.25, 0.3) is 6.08 Å². The molecule has 3 aliphatic rings. The molecule has 4 rings (SSSR count). The second-order valence-corrected chi connectivity index (χ2v) is 8.02. The van der Waals surface area contributed by atoms with Crippen molar-refractivity contribution in [3.8, 4) is 0 Å². The molecule has 0 spiro atoms. The molecular weight excluding hydrogens is 358 g/mol. The van der Waals surface area contributed by atoms with Gasteiger partial charge >= 0.3 is 0 Å². The predicted octanol–water partition coefficient (Wildman–Crippen LogP) is 2.81. The fraction of sp³-hybridized carbons (Fsp3) is 0.476. The van der Waals surface area contributed by atoms with E-state index in [4.69, 9.17) is 12.2 Å². The normalized spacial score (nSPS) is 22.0. The molecule has 2 amide bonds. The molecule has 1 aromatic rings. The van der Waals surface area contributed by atoms with Gasteiger partial charge in [-0.3, -0.25) is 19.8 Å². The summed E-state index contributed by atoms with van der Waals surface area (Å²) in [6.07, 6.45) is 6.93. The van der Waals surface area contributed by atoms with Gasteiger partial charge in [0.05, 0.1) is 0 Å². The lowest BCUT2D eigenvalue weighted by molar-refractivity contribution is -0.130. The van der Waals surface area contributed by atoms with E-state index in [-0.39, 0.29) is 22.6 Å². The maximum Gasteiger partial charge on any atom is 0.265 e. The fourth-order valence-corrected chi connectivity index (χ4v) is 4.69. The summed E-state index contributed by atoms with van der Waals surface area (Å²) in [5.41, 5.74) is 5.16. The van der Waals surface area contributed by atoms with Gasteiger partial charge in [0.25, 0.3) is 11.8 Å². The molecular formula is C21H25N3O2S. The molecule has 1 saturated heterocycles. The van der Waals surface area contributed by atoms with Gasteiger partial charge in [-0.1, -0.05) is 6.92 Å². The lowest BCUT2D eigenvalue weighted by Crippen LogP contribution is -2.56. The predicted molar refractivity (Wildman–Crippen MR) is 111 cm³/mol. The summed E-state index contributed by atoms with van der Waals surface area (Å²) in [7, 11) is 0. The first-order valence-electron chi connectivity index (χ1n) is 9.81. The number of amides is 2. The Labute approximate surface area is 165 Å². The summed E-state index contributed by atoms with van der Waals surface area (Å²) in [5.74, 6) is -0.705. The molecule has 1 N–H and O–H groups in total. The zero-order valence-electron chi connectivity index (χ0n) is 15.9. The lowest BCUT2D eigenvalue weighted by Gasteiger charge is -2.37. The molecule has 1 atom stereocenters. The fourth-order valence-electron chi connectivity index (χ4n) is 4.33. The smallest absolute Gasteiger partial charge is 0.265 e. The van der Waals surface area contributed by atoms with E-state index in [0.717, 1.165) is 50.8 Å². The van der Waals surface area contributed by atoms with Crippen molar-refractivity contribution in [2.45, 2.75) is 52.0 Å². The molecule has 0 bridgehead atoms. The number of hydrogen-bond acceptors (Lipinski definition) is 4. The number of thiocarbonyl (C=S) groups is 1. The highest BCUT2D eigenvalue weighted by Crippen LogP contribution is 2.36. The number of anilines is 1. The highest BCUT2D eigenvalue weighted by Gasteiger charge is 2.35. The minimum Gasteiger partial charge on any atom is -0.371 e. The maximum atomic E-state index is 13.0. The summed E-state index contributed by atoms with van der Waals surface area (Å²) in [6, 6.07) is 4.24. The summed E-state index contributed by atoms with van der Waals surface area (Å²) in [5, 5.41) is 2.88. The number of rotatable bonds is 3. The Kier molecular flexibility index (Phi) is 4.76. The van der Waals surface area contributed by atoms with Crippen LogP contribution in [0.2, 0.25) is 0 Å². The Morgan fingerprint density at radius 2 is 1.81 bits per heavy atom. The SMILES string of the molecule is CCC(C)N1C(=O)C(=Cc2cc3c4c(c2)CCCN4CCC3)C(=O)NC1=S. The molecule has 1 aromatic carbocycles. The zero-order chi connectivity index (χ0) is 19.1. The van der Waals surface area contributed by atoms with Crippen LogP contribution in [0.4, 0.5) is 5.69 Å². The van der Waals surface area contributed by atoms with Crippen molar-refractivity contribution >= 4 is 40.9 Å². The molecule has 0 saturated carbocycles. The van der Waals surface area contributed by atoms with Crippen molar-refractivity contribution < 1.29 is 9.59 Å². The van der Waals surface area contributed by atoms with Crippen molar-refractivity contribution in [3.05, 3.63) is 34.4 Å². The van der Waals surface area contributed by atoms with Crippen molar-refractivity contribution in [1.29, 1.82) is 0 Å². The van der Waals surface area contributed by atoms with Crippen LogP contribution in [0.15, 0.2) is 17.7 Å².